The van der Waals surface area contributed by atoms with Crippen molar-refractivity contribution in [2.75, 3.05) is 13.1 Å². The fourth-order valence-electron chi connectivity index (χ4n) is 2.51. The van der Waals surface area contributed by atoms with Crippen molar-refractivity contribution in [3.8, 4) is 0 Å². The van der Waals surface area contributed by atoms with E-state index in [0.717, 1.165) is 25.8 Å². The van der Waals surface area contributed by atoms with Crippen molar-refractivity contribution >= 4 is 11.7 Å². The maximum atomic E-state index is 11.5. The van der Waals surface area contributed by atoms with Gasteiger partial charge in [-0.05, 0) is 26.2 Å². The molecule has 2 rings (SSSR count). The van der Waals surface area contributed by atoms with Crippen molar-refractivity contribution in [3.05, 3.63) is 0 Å². The predicted octanol–water partition coefficient (Wildman–Crippen LogP) is -0.0717. The van der Waals surface area contributed by atoms with Gasteiger partial charge in [0, 0.05) is 13.1 Å². The molecule has 2 atom stereocenters. The molecule has 2 unspecified atom stereocenters. The molecule has 0 saturated carbocycles. The van der Waals surface area contributed by atoms with Crippen LogP contribution >= 0.6 is 0 Å². The summed E-state index contributed by atoms with van der Waals surface area (Å²) in [7, 11) is 0. The number of fused-ring (bicyclic) bond motifs is 1. The third-order valence-electron chi connectivity index (χ3n) is 3.20. The lowest BCUT2D eigenvalue weighted by atomic mass is 9.91. The van der Waals surface area contributed by atoms with Gasteiger partial charge < -0.3 is 5.32 Å². The Morgan fingerprint density at radius 2 is 2.29 bits per heavy atom. The Labute approximate surface area is 83.6 Å². The maximum absolute atomic E-state index is 11.5. The molecule has 0 aliphatic carbocycles. The molecule has 0 aromatic heterocycles. The first kappa shape index (κ1) is 9.65. The highest BCUT2D eigenvalue weighted by Gasteiger charge is 2.38. The fourth-order valence-corrected chi connectivity index (χ4v) is 2.51. The van der Waals surface area contributed by atoms with Crippen molar-refractivity contribution in [1.82, 2.24) is 10.2 Å². The molecule has 78 valence electrons. The number of amides is 1. The van der Waals surface area contributed by atoms with Gasteiger partial charge in [0.05, 0.1) is 12.1 Å². The number of carbonyl (C=O) groups is 2. The number of ketones is 1. The molecule has 14 heavy (non-hydrogen) atoms. The largest absolute Gasteiger partial charge is 0.353 e. The fraction of sp³-hybridized carbons (Fsp3) is 0.800. The zero-order valence-corrected chi connectivity index (χ0v) is 8.45. The molecule has 2 fully saturated rings. The van der Waals surface area contributed by atoms with E-state index in [4.69, 9.17) is 0 Å². The number of piperazine rings is 1. The molecular weight excluding hydrogens is 180 g/mol. The average Bonchev–Trinajstić information content (AvgIpc) is 2.17. The van der Waals surface area contributed by atoms with Crippen molar-refractivity contribution in [1.29, 1.82) is 0 Å². The van der Waals surface area contributed by atoms with E-state index in [0.29, 0.717) is 6.54 Å². The molecule has 2 heterocycles. The number of rotatable bonds is 1. The first-order valence-corrected chi connectivity index (χ1v) is 5.24. The third kappa shape index (κ3) is 1.54. The van der Waals surface area contributed by atoms with Crippen LogP contribution in [-0.2, 0) is 9.59 Å². The Morgan fingerprint density at radius 1 is 1.50 bits per heavy atom. The van der Waals surface area contributed by atoms with Gasteiger partial charge in [-0.1, -0.05) is 0 Å². The molecule has 2 aliphatic heterocycles. The quantitative estimate of drug-likeness (QED) is 0.638. The van der Waals surface area contributed by atoms with E-state index < -0.39 is 0 Å². The third-order valence-corrected chi connectivity index (χ3v) is 3.20. The van der Waals surface area contributed by atoms with Crippen molar-refractivity contribution in [3.63, 3.8) is 0 Å². The summed E-state index contributed by atoms with van der Waals surface area (Å²) < 4.78 is 0. The van der Waals surface area contributed by atoms with E-state index in [1.165, 1.54) is 0 Å². The predicted molar refractivity (Wildman–Crippen MR) is 51.8 cm³/mol. The minimum absolute atomic E-state index is 0.0141. The molecule has 0 aromatic rings. The van der Waals surface area contributed by atoms with E-state index in [9.17, 15) is 9.59 Å². The number of Topliss-reactive ketones (excluding diaryl/α,β-unsaturated/α-hetero) is 1. The number of nitrogens with zero attached hydrogens (tertiary/aromatic N) is 1. The number of hydrogen-bond acceptors (Lipinski definition) is 3. The van der Waals surface area contributed by atoms with E-state index in [1.807, 2.05) is 0 Å². The van der Waals surface area contributed by atoms with Crippen molar-refractivity contribution < 1.29 is 9.59 Å². The first-order chi connectivity index (χ1) is 6.70. The highest BCUT2D eigenvalue weighted by atomic mass is 16.2. The maximum Gasteiger partial charge on any atom is 0.237 e. The summed E-state index contributed by atoms with van der Waals surface area (Å²) in [5.41, 5.74) is 0. The van der Waals surface area contributed by atoms with Gasteiger partial charge >= 0.3 is 0 Å². The Hall–Kier alpha value is -0.900. The van der Waals surface area contributed by atoms with Gasteiger partial charge in [-0.25, -0.2) is 0 Å². The molecule has 1 amide bonds. The first-order valence-electron chi connectivity index (χ1n) is 5.24. The molecule has 2 saturated heterocycles. The lowest BCUT2D eigenvalue weighted by Gasteiger charge is -2.42. The van der Waals surface area contributed by atoms with Crippen LogP contribution in [0.1, 0.15) is 26.2 Å². The molecule has 0 spiro atoms. The molecular formula is C10H16N2O2. The average molecular weight is 196 g/mol. The summed E-state index contributed by atoms with van der Waals surface area (Å²) in [5, 5.41) is 2.85. The van der Waals surface area contributed by atoms with E-state index >= 15 is 0 Å². The number of piperidine rings is 1. The summed E-state index contributed by atoms with van der Waals surface area (Å²) in [6, 6.07) is -0.0637. The second-order valence-electron chi connectivity index (χ2n) is 4.10. The van der Waals surface area contributed by atoms with E-state index in [1.54, 1.807) is 6.92 Å². The smallest absolute Gasteiger partial charge is 0.237 e. The highest BCUT2D eigenvalue weighted by Crippen LogP contribution is 2.24. The monoisotopic (exact) mass is 196 g/mol. The van der Waals surface area contributed by atoms with Gasteiger partial charge in [-0.2, -0.15) is 0 Å². The number of nitrogens with one attached hydrogen (secondary N) is 1. The zero-order chi connectivity index (χ0) is 10.1. The Morgan fingerprint density at radius 3 is 3.00 bits per heavy atom. The molecule has 0 radical (unpaired) electrons. The second-order valence-corrected chi connectivity index (χ2v) is 4.10. The van der Waals surface area contributed by atoms with Crippen LogP contribution in [0.25, 0.3) is 0 Å². The van der Waals surface area contributed by atoms with Crippen LogP contribution in [0.4, 0.5) is 0 Å². The highest BCUT2D eigenvalue weighted by molar-refractivity contribution is 5.86. The molecule has 0 bridgehead atoms. The Balaban J connectivity index is 2.15. The van der Waals surface area contributed by atoms with Crippen LogP contribution in [0, 0.1) is 0 Å². The van der Waals surface area contributed by atoms with E-state index in [-0.39, 0.29) is 23.8 Å². The standard InChI is InChI=1S/C10H16N2O2/c1-7(13)8-3-2-4-9-10(14)11-5-6-12(8)9/h8-9H,2-6H2,1H3,(H,11,14). The van der Waals surface area contributed by atoms with Crippen LogP contribution in [0.5, 0.6) is 0 Å². The van der Waals surface area contributed by atoms with Crippen LogP contribution in [-0.4, -0.2) is 41.8 Å². The SMILES string of the molecule is CC(=O)C1CCCC2C(=O)NCCN12. The van der Waals surface area contributed by atoms with Crippen LogP contribution in [0.3, 0.4) is 0 Å². The van der Waals surface area contributed by atoms with Crippen LogP contribution in [0.2, 0.25) is 0 Å². The molecule has 4 heteroatoms. The summed E-state index contributed by atoms with van der Waals surface area (Å²) in [6.45, 7) is 3.12. The molecule has 2 aliphatic rings. The Bertz CT molecular complexity index is 259. The van der Waals surface area contributed by atoms with Gasteiger partial charge in [-0.3, -0.25) is 14.5 Å². The normalized spacial score (nSPS) is 33.4. The topological polar surface area (TPSA) is 49.4 Å². The summed E-state index contributed by atoms with van der Waals surface area (Å²) in [5.74, 6) is 0.298. The minimum atomic E-state index is -0.0496. The Kier molecular flexibility index (Phi) is 2.54. The lowest BCUT2D eigenvalue weighted by molar-refractivity contribution is -0.136. The second kappa shape index (κ2) is 3.69. The van der Waals surface area contributed by atoms with Gasteiger partial charge in [0.1, 0.15) is 5.78 Å². The zero-order valence-electron chi connectivity index (χ0n) is 8.45. The van der Waals surface area contributed by atoms with Gasteiger partial charge in [-0.15, -0.1) is 0 Å². The van der Waals surface area contributed by atoms with Crippen LogP contribution < -0.4 is 5.32 Å². The number of carbonyl (C=O) groups excluding carboxylic acids is 2. The molecule has 1 N–H and O–H groups in total. The van der Waals surface area contributed by atoms with Gasteiger partial charge in [0.25, 0.3) is 0 Å². The lowest BCUT2D eigenvalue weighted by Crippen LogP contribution is -2.61. The molecule has 0 aromatic carbocycles. The summed E-state index contributed by atoms with van der Waals surface area (Å²) in [6.07, 6.45) is 2.80. The van der Waals surface area contributed by atoms with Gasteiger partial charge in [0.2, 0.25) is 5.91 Å². The van der Waals surface area contributed by atoms with Gasteiger partial charge in [0.15, 0.2) is 0 Å². The molecule has 4 nitrogen and oxygen atoms in total. The van der Waals surface area contributed by atoms with E-state index in [2.05, 4.69) is 10.2 Å². The van der Waals surface area contributed by atoms with Crippen molar-refractivity contribution in [2.24, 2.45) is 0 Å². The van der Waals surface area contributed by atoms with Crippen LogP contribution in [0.15, 0.2) is 0 Å². The minimum Gasteiger partial charge on any atom is -0.353 e. The van der Waals surface area contributed by atoms with Crippen molar-refractivity contribution in [2.45, 2.75) is 38.3 Å². The summed E-state index contributed by atoms with van der Waals surface area (Å²) in [4.78, 5) is 25.0. The summed E-state index contributed by atoms with van der Waals surface area (Å²) >= 11 is 0. The number of hydrogen-bond donors (Lipinski definition) is 1.